The van der Waals surface area contributed by atoms with E-state index in [9.17, 15) is 4.79 Å². The van der Waals surface area contributed by atoms with Crippen molar-refractivity contribution in [2.75, 3.05) is 11.9 Å². The molecule has 6 heteroatoms. The van der Waals surface area contributed by atoms with Gasteiger partial charge in [-0.15, -0.1) is 0 Å². The first-order chi connectivity index (χ1) is 10.5. The van der Waals surface area contributed by atoms with Crippen LogP contribution in [-0.4, -0.2) is 28.4 Å². The van der Waals surface area contributed by atoms with E-state index in [1.807, 2.05) is 45.0 Å². The van der Waals surface area contributed by atoms with Crippen molar-refractivity contribution in [3.8, 4) is 11.5 Å². The topological polar surface area (TPSA) is 65.4 Å². The molecule has 6 nitrogen and oxygen atoms in total. The molecule has 1 aromatic carbocycles. The van der Waals surface area contributed by atoms with Crippen LogP contribution >= 0.6 is 0 Å². The number of hydrogen-bond donors (Lipinski definition) is 1. The van der Waals surface area contributed by atoms with E-state index >= 15 is 0 Å². The molecule has 0 saturated heterocycles. The lowest BCUT2D eigenvalue weighted by Gasteiger charge is -2.25. The second kappa shape index (κ2) is 5.71. The zero-order chi connectivity index (χ0) is 15.7. The van der Waals surface area contributed by atoms with Gasteiger partial charge in [0.15, 0.2) is 11.5 Å². The third-order valence-corrected chi connectivity index (χ3v) is 3.40. The van der Waals surface area contributed by atoms with Crippen molar-refractivity contribution in [2.24, 2.45) is 0 Å². The summed E-state index contributed by atoms with van der Waals surface area (Å²) in [5.41, 5.74) is 0.857. The van der Waals surface area contributed by atoms with Crippen LogP contribution in [0.5, 0.6) is 11.5 Å². The number of carbonyl (C=O) groups excluding carboxylic acids is 1. The van der Waals surface area contributed by atoms with Gasteiger partial charge in [-0.25, -0.2) is 4.68 Å². The highest BCUT2D eigenvalue weighted by Crippen LogP contribution is 2.31. The Morgan fingerprint density at radius 2 is 2.09 bits per heavy atom. The van der Waals surface area contributed by atoms with Crippen LogP contribution in [0.4, 0.5) is 5.82 Å². The Morgan fingerprint density at radius 3 is 2.82 bits per heavy atom. The number of amides is 1. The maximum atomic E-state index is 12.4. The molecule has 1 aliphatic rings. The lowest BCUT2D eigenvalue weighted by Crippen LogP contribution is -2.40. The van der Waals surface area contributed by atoms with E-state index in [4.69, 9.17) is 9.47 Å². The Morgan fingerprint density at radius 1 is 1.36 bits per heavy atom. The Labute approximate surface area is 129 Å². The second-order valence-electron chi connectivity index (χ2n) is 5.56. The highest BCUT2D eigenvalue weighted by Gasteiger charge is 2.28. The minimum atomic E-state index is -0.675. The molecule has 0 saturated carbocycles. The van der Waals surface area contributed by atoms with Crippen molar-refractivity contribution in [2.45, 2.75) is 32.9 Å². The van der Waals surface area contributed by atoms with Gasteiger partial charge in [-0.3, -0.25) is 4.79 Å². The van der Waals surface area contributed by atoms with Gasteiger partial charge in [0.05, 0.1) is 5.69 Å². The number of carbonyl (C=O) groups is 1. The molecule has 22 heavy (non-hydrogen) atoms. The van der Waals surface area contributed by atoms with Crippen molar-refractivity contribution in [3.05, 3.63) is 36.0 Å². The number of hydrogen-bond acceptors (Lipinski definition) is 4. The summed E-state index contributed by atoms with van der Waals surface area (Å²) in [4.78, 5) is 12.4. The molecule has 2 heterocycles. The van der Waals surface area contributed by atoms with E-state index < -0.39 is 6.10 Å². The largest absolute Gasteiger partial charge is 0.485 e. The first-order valence-corrected chi connectivity index (χ1v) is 7.30. The molecule has 0 bridgehead atoms. The van der Waals surface area contributed by atoms with E-state index in [-0.39, 0.29) is 18.6 Å². The van der Waals surface area contributed by atoms with Gasteiger partial charge in [-0.2, -0.15) is 5.10 Å². The average Bonchev–Trinajstić information content (AvgIpc) is 2.87. The fourth-order valence-corrected chi connectivity index (χ4v) is 2.36. The summed E-state index contributed by atoms with van der Waals surface area (Å²) >= 11 is 0. The van der Waals surface area contributed by atoms with Crippen LogP contribution < -0.4 is 14.8 Å². The lowest BCUT2D eigenvalue weighted by molar-refractivity contribution is -0.125. The summed E-state index contributed by atoms with van der Waals surface area (Å²) in [5.74, 6) is 1.67. The van der Waals surface area contributed by atoms with Crippen molar-refractivity contribution >= 4 is 11.7 Å². The number of aromatic nitrogens is 2. The molecule has 0 fully saturated rings. The standard InChI is InChI=1S/C16H19N3O3/c1-10(2)19-15(8-11(3)18-19)17-16(20)14-9-21-12-6-4-5-7-13(12)22-14/h4-8,10,14H,9H2,1-3H3,(H,17,20)/t14-/m1/s1. The second-order valence-corrected chi connectivity index (χ2v) is 5.56. The zero-order valence-electron chi connectivity index (χ0n) is 12.9. The van der Waals surface area contributed by atoms with Gasteiger partial charge >= 0.3 is 0 Å². The number of nitrogens with zero attached hydrogens (tertiary/aromatic N) is 2. The van der Waals surface area contributed by atoms with Crippen LogP contribution in [0.15, 0.2) is 30.3 Å². The molecule has 0 radical (unpaired) electrons. The molecule has 0 aliphatic carbocycles. The van der Waals surface area contributed by atoms with Crippen LogP contribution in [0.25, 0.3) is 0 Å². The Balaban J connectivity index is 1.74. The first kappa shape index (κ1) is 14.4. The van der Waals surface area contributed by atoms with E-state index in [2.05, 4.69) is 10.4 Å². The fourth-order valence-electron chi connectivity index (χ4n) is 2.36. The van der Waals surface area contributed by atoms with E-state index in [1.165, 1.54) is 0 Å². The van der Waals surface area contributed by atoms with Crippen LogP contribution in [-0.2, 0) is 4.79 Å². The van der Waals surface area contributed by atoms with Gasteiger partial charge in [0, 0.05) is 12.1 Å². The van der Waals surface area contributed by atoms with E-state index in [0.717, 1.165) is 5.69 Å². The van der Waals surface area contributed by atoms with E-state index in [0.29, 0.717) is 17.3 Å². The molecule has 2 aromatic rings. The molecular weight excluding hydrogens is 282 g/mol. The molecule has 1 N–H and O–H groups in total. The van der Waals surface area contributed by atoms with Crippen LogP contribution in [0.1, 0.15) is 25.6 Å². The minimum absolute atomic E-state index is 0.160. The number of aryl methyl sites for hydroxylation is 1. The summed E-state index contributed by atoms with van der Waals surface area (Å²) in [7, 11) is 0. The fraction of sp³-hybridized carbons (Fsp3) is 0.375. The third-order valence-electron chi connectivity index (χ3n) is 3.40. The summed E-state index contributed by atoms with van der Waals surface area (Å²) in [6.07, 6.45) is -0.675. The van der Waals surface area contributed by atoms with Crippen molar-refractivity contribution in [1.29, 1.82) is 0 Å². The molecule has 1 atom stereocenters. The maximum Gasteiger partial charge on any atom is 0.270 e. The molecule has 116 valence electrons. The Kier molecular flexibility index (Phi) is 3.75. The van der Waals surface area contributed by atoms with Gasteiger partial charge in [-0.05, 0) is 32.9 Å². The highest BCUT2D eigenvalue weighted by atomic mass is 16.6. The predicted octanol–water partition coefficient (Wildman–Crippen LogP) is 2.55. The van der Waals surface area contributed by atoms with Gasteiger partial charge in [0.2, 0.25) is 6.10 Å². The van der Waals surface area contributed by atoms with Gasteiger partial charge in [0.1, 0.15) is 12.4 Å². The zero-order valence-corrected chi connectivity index (χ0v) is 12.9. The van der Waals surface area contributed by atoms with Crippen molar-refractivity contribution in [1.82, 2.24) is 9.78 Å². The van der Waals surface area contributed by atoms with Gasteiger partial charge < -0.3 is 14.8 Å². The monoisotopic (exact) mass is 301 g/mol. The molecule has 0 unspecified atom stereocenters. The molecule has 0 spiro atoms. The number of rotatable bonds is 3. The predicted molar refractivity (Wildman–Crippen MR) is 82.3 cm³/mol. The first-order valence-electron chi connectivity index (χ1n) is 7.30. The number of nitrogens with one attached hydrogen (secondary N) is 1. The summed E-state index contributed by atoms with van der Waals surface area (Å²) in [6, 6.07) is 9.33. The highest BCUT2D eigenvalue weighted by molar-refractivity contribution is 5.94. The summed E-state index contributed by atoms with van der Waals surface area (Å²) in [6.45, 7) is 6.11. The normalized spacial score (nSPS) is 16.6. The third kappa shape index (κ3) is 2.77. The Bertz CT molecular complexity index is 694. The smallest absolute Gasteiger partial charge is 0.270 e. The average molecular weight is 301 g/mol. The molecular formula is C16H19N3O3. The number of para-hydroxylation sites is 2. The lowest BCUT2D eigenvalue weighted by atomic mass is 10.2. The minimum Gasteiger partial charge on any atom is -0.485 e. The molecule has 1 amide bonds. The number of ether oxygens (including phenoxy) is 2. The SMILES string of the molecule is Cc1cc(NC(=O)[C@H]2COc3ccccc3O2)n(C(C)C)n1. The molecule has 3 rings (SSSR count). The van der Waals surface area contributed by atoms with Crippen LogP contribution in [0, 0.1) is 6.92 Å². The summed E-state index contributed by atoms with van der Waals surface area (Å²) in [5, 5.41) is 7.24. The number of benzene rings is 1. The van der Waals surface area contributed by atoms with Crippen molar-refractivity contribution < 1.29 is 14.3 Å². The number of fused-ring (bicyclic) bond motifs is 1. The van der Waals surface area contributed by atoms with Crippen LogP contribution in [0.2, 0.25) is 0 Å². The number of anilines is 1. The van der Waals surface area contributed by atoms with Crippen molar-refractivity contribution in [3.63, 3.8) is 0 Å². The summed E-state index contributed by atoms with van der Waals surface area (Å²) < 4.78 is 13.1. The van der Waals surface area contributed by atoms with Gasteiger partial charge in [-0.1, -0.05) is 12.1 Å². The quantitative estimate of drug-likeness (QED) is 0.946. The van der Waals surface area contributed by atoms with Crippen LogP contribution in [0.3, 0.4) is 0 Å². The maximum absolute atomic E-state index is 12.4. The molecule has 1 aliphatic heterocycles. The molecule has 1 aromatic heterocycles. The Hall–Kier alpha value is -2.50. The van der Waals surface area contributed by atoms with E-state index in [1.54, 1.807) is 10.7 Å². The van der Waals surface area contributed by atoms with Gasteiger partial charge in [0.25, 0.3) is 5.91 Å².